The van der Waals surface area contributed by atoms with Crippen LogP contribution < -0.4 is 5.32 Å². The van der Waals surface area contributed by atoms with E-state index in [0.717, 1.165) is 25.3 Å². The predicted molar refractivity (Wildman–Crippen MR) is 103 cm³/mol. The van der Waals surface area contributed by atoms with Gasteiger partial charge in [0.25, 0.3) is 0 Å². The van der Waals surface area contributed by atoms with Gasteiger partial charge < -0.3 is 10.1 Å². The van der Waals surface area contributed by atoms with Crippen molar-refractivity contribution in [1.29, 1.82) is 0 Å². The molecule has 0 saturated heterocycles. The van der Waals surface area contributed by atoms with Gasteiger partial charge in [0.1, 0.15) is 0 Å². The number of rotatable bonds is 5. The van der Waals surface area contributed by atoms with Gasteiger partial charge in [-0.15, -0.1) is 0 Å². The van der Waals surface area contributed by atoms with Gasteiger partial charge in [-0.2, -0.15) is 5.10 Å². The van der Waals surface area contributed by atoms with Crippen LogP contribution >= 0.6 is 0 Å². The normalized spacial score (nSPS) is 42.1. The largest absolute Gasteiger partial charge is 0.373 e. The first kappa shape index (κ1) is 17.7. The van der Waals surface area contributed by atoms with Crippen LogP contribution in [0.4, 0.5) is 0 Å². The van der Waals surface area contributed by atoms with Crippen LogP contribution in [0.5, 0.6) is 0 Å². The summed E-state index contributed by atoms with van der Waals surface area (Å²) in [5, 5.41) is 7.43. The lowest BCUT2D eigenvalue weighted by atomic mass is 9.43. The molecule has 6 rings (SSSR count). The molecule has 27 heavy (non-hydrogen) atoms. The molecule has 1 amide bonds. The summed E-state index contributed by atoms with van der Waals surface area (Å²) in [4.78, 5) is 12.6. The van der Waals surface area contributed by atoms with Gasteiger partial charge in [0, 0.05) is 37.3 Å². The third-order valence-corrected chi connectivity index (χ3v) is 7.70. The maximum atomic E-state index is 12.6. The van der Waals surface area contributed by atoms with Crippen molar-refractivity contribution < 1.29 is 9.53 Å². The van der Waals surface area contributed by atoms with E-state index in [1.165, 1.54) is 44.2 Å². The number of carbonyl (C=O) groups is 1. The van der Waals surface area contributed by atoms with E-state index in [0.29, 0.717) is 24.0 Å². The van der Waals surface area contributed by atoms with Crippen molar-refractivity contribution in [1.82, 2.24) is 15.1 Å². The van der Waals surface area contributed by atoms with Crippen LogP contribution in [0.3, 0.4) is 0 Å². The van der Waals surface area contributed by atoms with Crippen LogP contribution in [0.2, 0.25) is 0 Å². The highest BCUT2D eigenvalue weighted by molar-refractivity contribution is 5.79. The molecule has 4 fully saturated rings. The number of nitrogens with one attached hydrogen (secondary N) is 1. The van der Waals surface area contributed by atoms with Crippen LogP contribution in [0.15, 0.2) is 12.3 Å². The topological polar surface area (TPSA) is 56.1 Å². The summed E-state index contributed by atoms with van der Waals surface area (Å²) in [5.74, 6) is 1.10. The van der Waals surface area contributed by atoms with E-state index in [2.05, 4.69) is 24.3 Å². The standard InChI is InChI=1S/C22H33N3O2/c1-20-10-16-11-21(2,13-20)15-22(12-16,14-20)27-8-6-23-19(26)17-4-7-25-18(9-17)3-5-24-25/h3,5,16-17H,4,6-15H2,1-2H3,(H,23,26). The quantitative estimate of drug-likeness (QED) is 0.808. The summed E-state index contributed by atoms with van der Waals surface area (Å²) in [6.45, 7) is 7.08. The summed E-state index contributed by atoms with van der Waals surface area (Å²) in [6, 6.07) is 2.02. The molecule has 0 radical (unpaired) electrons. The second-order valence-electron chi connectivity index (χ2n) is 10.7. The lowest BCUT2D eigenvalue weighted by Gasteiger charge is -2.65. The second-order valence-corrected chi connectivity index (χ2v) is 10.7. The van der Waals surface area contributed by atoms with E-state index in [-0.39, 0.29) is 17.4 Å². The van der Waals surface area contributed by atoms with Gasteiger partial charge in [-0.1, -0.05) is 13.8 Å². The van der Waals surface area contributed by atoms with Gasteiger partial charge in [-0.25, -0.2) is 0 Å². The zero-order valence-electron chi connectivity index (χ0n) is 16.8. The lowest BCUT2D eigenvalue weighted by Crippen LogP contribution is -2.59. The molecule has 3 unspecified atom stereocenters. The Morgan fingerprint density at radius 3 is 2.78 bits per heavy atom. The molecule has 0 aromatic carbocycles. The Kier molecular flexibility index (Phi) is 3.98. The molecule has 1 aliphatic heterocycles. The first-order valence-corrected chi connectivity index (χ1v) is 10.8. The zero-order valence-corrected chi connectivity index (χ0v) is 16.8. The van der Waals surface area contributed by atoms with Crippen molar-refractivity contribution in [3.8, 4) is 0 Å². The van der Waals surface area contributed by atoms with E-state index < -0.39 is 0 Å². The minimum Gasteiger partial charge on any atom is -0.373 e. The van der Waals surface area contributed by atoms with Crippen molar-refractivity contribution in [2.75, 3.05) is 13.2 Å². The Bertz CT molecular complexity index is 724. The Hall–Kier alpha value is -1.36. The summed E-state index contributed by atoms with van der Waals surface area (Å²) in [7, 11) is 0. The molecule has 2 heterocycles. The minimum atomic E-state index is 0.0744. The first-order chi connectivity index (χ1) is 12.9. The van der Waals surface area contributed by atoms with Crippen molar-refractivity contribution in [3.63, 3.8) is 0 Å². The van der Waals surface area contributed by atoms with Crippen molar-refractivity contribution in [2.45, 2.75) is 77.4 Å². The Morgan fingerprint density at radius 1 is 1.26 bits per heavy atom. The maximum Gasteiger partial charge on any atom is 0.223 e. The third-order valence-electron chi connectivity index (χ3n) is 7.70. The minimum absolute atomic E-state index is 0.0744. The number of aromatic nitrogens is 2. The molecule has 3 atom stereocenters. The van der Waals surface area contributed by atoms with Crippen molar-refractivity contribution in [3.05, 3.63) is 18.0 Å². The van der Waals surface area contributed by atoms with Gasteiger partial charge in [-0.05, 0) is 67.8 Å². The number of ether oxygens (including phenoxy) is 1. The highest BCUT2D eigenvalue weighted by atomic mass is 16.5. The average molecular weight is 372 g/mol. The van der Waals surface area contributed by atoms with Crippen LogP contribution in [0.25, 0.3) is 0 Å². The summed E-state index contributed by atoms with van der Waals surface area (Å²) in [5.41, 5.74) is 2.20. The molecule has 5 nitrogen and oxygen atoms in total. The second kappa shape index (κ2) is 6.07. The number of aryl methyl sites for hydroxylation is 1. The molecule has 5 heteroatoms. The highest BCUT2D eigenvalue weighted by Crippen LogP contribution is 2.67. The average Bonchev–Trinajstić information content (AvgIpc) is 3.03. The van der Waals surface area contributed by atoms with E-state index >= 15 is 0 Å². The number of nitrogens with zero attached hydrogens (tertiary/aromatic N) is 2. The van der Waals surface area contributed by atoms with E-state index in [9.17, 15) is 4.79 Å². The molecule has 4 aliphatic carbocycles. The maximum absolute atomic E-state index is 12.6. The van der Waals surface area contributed by atoms with Crippen LogP contribution in [-0.2, 0) is 22.5 Å². The molecule has 5 aliphatic rings. The molecular weight excluding hydrogens is 338 g/mol. The number of fused-ring (bicyclic) bond motifs is 1. The smallest absolute Gasteiger partial charge is 0.223 e. The SMILES string of the molecule is CC12CC3CC(C)(C1)CC(OCCNC(=O)C1CCn4nccc4C1)(C3)C2. The molecule has 1 aromatic rings. The fourth-order valence-corrected chi connectivity index (χ4v) is 7.68. The van der Waals surface area contributed by atoms with Gasteiger partial charge >= 0.3 is 0 Å². The Morgan fingerprint density at radius 2 is 2.04 bits per heavy atom. The van der Waals surface area contributed by atoms with Crippen molar-refractivity contribution >= 4 is 5.91 Å². The van der Waals surface area contributed by atoms with Crippen LogP contribution in [0.1, 0.15) is 64.5 Å². The van der Waals surface area contributed by atoms with Crippen LogP contribution in [-0.4, -0.2) is 34.4 Å². The van der Waals surface area contributed by atoms with Gasteiger partial charge in [0.2, 0.25) is 5.91 Å². The van der Waals surface area contributed by atoms with E-state index in [1.54, 1.807) is 0 Å². The molecule has 1 aromatic heterocycles. The molecule has 1 N–H and O–H groups in total. The van der Waals surface area contributed by atoms with Gasteiger partial charge in [0.15, 0.2) is 0 Å². The molecule has 148 valence electrons. The Labute approximate surface area is 162 Å². The first-order valence-electron chi connectivity index (χ1n) is 10.8. The number of carbonyl (C=O) groups excluding carboxylic acids is 1. The molecule has 0 spiro atoms. The molecule has 4 bridgehead atoms. The fraction of sp³-hybridized carbons (Fsp3) is 0.818. The fourth-order valence-electron chi connectivity index (χ4n) is 7.68. The Balaban J connectivity index is 1.13. The number of amides is 1. The lowest BCUT2D eigenvalue weighted by molar-refractivity contribution is -0.213. The molecular formula is C22H33N3O2. The zero-order chi connectivity index (χ0) is 18.7. The number of hydrogen-bond donors (Lipinski definition) is 1. The number of hydrogen-bond acceptors (Lipinski definition) is 3. The van der Waals surface area contributed by atoms with E-state index in [4.69, 9.17) is 4.74 Å². The predicted octanol–water partition coefficient (Wildman–Crippen LogP) is 3.33. The van der Waals surface area contributed by atoms with Crippen molar-refractivity contribution in [2.24, 2.45) is 22.7 Å². The molecule has 4 saturated carbocycles. The summed E-state index contributed by atoms with van der Waals surface area (Å²) >= 11 is 0. The summed E-state index contributed by atoms with van der Waals surface area (Å²) < 4.78 is 8.54. The third kappa shape index (κ3) is 3.22. The van der Waals surface area contributed by atoms with Crippen LogP contribution in [0, 0.1) is 22.7 Å². The summed E-state index contributed by atoms with van der Waals surface area (Å²) in [6.07, 6.45) is 11.3. The highest BCUT2D eigenvalue weighted by Gasteiger charge is 2.60. The van der Waals surface area contributed by atoms with Gasteiger partial charge in [-0.3, -0.25) is 9.48 Å². The monoisotopic (exact) mass is 371 g/mol. The van der Waals surface area contributed by atoms with E-state index in [1.807, 2.05) is 16.9 Å². The van der Waals surface area contributed by atoms with Gasteiger partial charge in [0.05, 0.1) is 12.2 Å².